The largest absolute Gasteiger partial charge is 0.493 e. The summed E-state index contributed by atoms with van der Waals surface area (Å²) in [6.07, 6.45) is 1.65. The summed E-state index contributed by atoms with van der Waals surface area (Å²) in [6, 6.07) is 17.4. The first kappa shape index (κ1) is 22.9. The number of rotatable bonds is 6. The first-order chi connectivity index (χ1) is 16.9. The Kier molecular flexibility index (Phi) is 5.94. The van der Waals surface area contributed by atoms with Gasteiger partial charge < -0.3 is 13.9 Å². The van der Waals surface area contributed by atoms with Gasteiger partial charge in [-0.1, -0.05) is 52.3 Å². The van der Waals surface area contributed by atoms with Crippen molar-refractivity contribution in [2.45, 2.75) is 13.0 Å². The smallest absolute Gasteiger partial charge is 0.295 e. The zero-order valence-corrected chi connectivity index (χ0v) is 20.8. The average Bonchev–Trinajstić information content (AvgIpc) is 3.15. The third kappa shape index (κ3) is 3.91. The number of ether oxygens (including phenoxy) is 2. The molecule has 0 N–H and O–H groups in total. The number of hydrogen-bond donors (Lipinski definition) is 0. The highest BCUT2D eigenvalue weighted by Crippen LogP contribution is 2.43. The van der Waals surface area contributed by atoms with Crippen molar-refractivity contribution < 1.29 is 18.7 Å². The van der Waals surface area contributed by atoms with E-state index in [1.54, 1.807) is 42.4 Å². The van der Waals surface area contributed by atoms with Crippen molar-refractivity contribution in [2.24, 2.45) is 0 Å². The molecule has 5 rings (SSSR count). The lowest BCUT2D eigenvalue weighted by atomic mass is 9.97. The molecular formula is C28H22BrNO5. The summed E-state index contributed by atoms with van der Waals surface area (Å²) in [5.74, 6) is 0.687. The van der Waals surface area contributed by atoms with Gasteiger partial charge in [0.05, 0.1) is 24.1 Å². The second kappa shape index (κ2) is 9.07. The Morgan fingerprint density at radius 1 is 1.09 bits per heavy atom. The van der Waals surface area contributed by atoms with Crippen LogP contribution in [-0.4, -0.2) is 19.6 Å². The van der Waals surface area contributed by atoms with Gasteiger partial charge in [-0.15, -0.1) is 0 Å². The Bertz CT molecular complexity index is 1540. The fourth-order valence-electron chi connectivity index (χ4n) is 4.42. The Morgan fingerprint density at radius 3 is 2.66 bits per heavy atom. The number of nitrogens with zero attached hydrogens (tertiary/aromatic N) is 1. The Hall–Kier alpha value is -3.84. The van der Waals surface area contributed by atoms with Crippen LogP contribution < -0.4 is 19.8 Å². The predicted octanol–water partition coefficient (Wildman–Crippen LogP) is 6.19. The Labute approximate surface area is 210 Å². The van der Waals surface area contributed by atoms with Crippen LogP contribution in [0.15, 0.2) is 87.0 Å². The van der Waals surface area contributed by atoms with E-state index in [0.29, 0.717) is 45.9 Å². The van der Waals surface area contributed by atoms with E-state index in [1.165, 1.54) is 0 Å². The topological polar surface area (TPSA) is 69.0 Å². The van der Waals surface area contributed by atoms with Crippen LogP contribution in [0.25, 0.3) is 11.0 Å². The molecule has 0 radical (unpaired) electrons. The Balaban J connectivity index is 1.77. The van der Waals surface area contributed by atoms with Gasteiger partial charge in [-0.05, 0) is 55.0 Å². The lowest BCUT2D eigenvalue weighted by Gasteiger charge is -2.26. The molecule has 0 spiro atoms. The zero-order chi connectivity index (χ0) is 24.7. The molecule has 7 heteroatoms. The molecule has 0 saturated carbocycles. The molecule has 176 valence electrons. The van der Waals surface area contributed by atoms with Gasteiger partial charge in [0.15, 0.2) is 16.9 Å². The van der Waals surface area contributed by atoms with Crippen LogP contribution in [0.2, 0.25) is 0 Å². The molecule has 6 nitrogen and oxygen atoms in total. The van der Waals surface area contributed by atoms with Crippen molar-refractivity contribution in [3.63, 3.8) is 0 Å². The lowest BCUT2D eigenvalue weighted by molar-refractivity contribution is 0.0971. The molecule has 3 aromatic carbocycles. The summed E-state index contributed by atoms with van der Waals surface area (Å²) in [5, 5.41) is 0.440. The van der Waals surface area contributed by atoms with E-state index < -0.39 is 6.04 Å². The summed E-state index contributed by atoms with van der Waals surface area (Å²) in [6.45, 7) is 5.91. The molecule has 1 unspecified atom stereocenters. The van der Waals surface area contributed by atoms with Crippen LogP contribution in [0.4, 0.5) is 5.69 Å². The van der Waals surface area contributed by atoms with Crippen LogP contribution >= 0.6 is 15.9 Å². The average molecular weight is 532 g/mol. The van der Waals surface area contributed by atoms with Crippen molar-refractivity contribution >= 4 is 38.5 Å². The molecule has 0 saturated heterocycles. The highest BCUT2D eigenvalue weighted by Gasteiger charge is 2.44. The van der Waals surface area contributed by atoms with Gasteiger partial charge in [0, 0.05) is 10.2 Å². The van der Waals surface area contributed by atoms with Crippen molar-refractivity contribution in [2.75, 3.05) is 18.6 Å². The number of hydrogen-bond acceptors (Lipinski definition) is 5. The molecule has 4 aromatic rings. The summed E-state index contributed by atoms with van der Waals surface area (Å²) >= 11 is 3.49. The number of fused-ring (bicyclic) bond motifs is 2. The Morgan fingerprint density at radius 2 is 1.91 bits per heavy atom. The van der Waals surface area contributed by atoms with E-state index in [0.717, 1.165) is 10.0 Å². The van der Waals surface area contributed by atoms with Gasteiger partial charge in [-0.2, -0.15) is 0 Å². The van der Waals surface area contributed by atoms with E-state index in [-0.39, 0.29) is 17.1 Å². The number of aryl methyl sites for hydroxylation is 1. The molecule has 35 heavy (non-hydrogen) atoms. The monoisotopic (exact) mass is 531 g/mol. The molecule has 1 aliphatic heterocycles. The van der Waals surface area contributed by atoms with Gasteiger partial charge in [0.25, 0.3) is 5.91 Å². The van der Waals surface area contributed by atoms with Gasteiger partial charge in [-0.25, -0.2) is 0 Å². The quantitative estimate of drug-likeness (QED) is 0.277. The third-order valence-corrected chi connectivity index (χ3v) is 6.47. The minimum atomic E-state index is -0.713. The normalized spacial score (nSPS) is 14.8. The number of anilines is 1. The SMILES string of the molecule is C=CCOc1ccc(C2c3c(oc4ccc(C)cc4c3=O)C(=O)N2c2cccc(Br)c2)cc1OC. The van der Waals surface area contributed by atoms with E-state index in [9.17, 15) is 9.59 Å². The van der Waals surface area contributed by atoms with Crippen LogP contribution in [0.5, 0.6) is 11.5 Å². The number of carbonyl (C=O) groups is 1. The molecule has 2 heterocycles. The summed E-state index contributed by atoms with van der Waals surface area (Å²) in [5.41, 5.74) is 2.71. The van der Waals surface area contributed by atoms with Crippen molar-refractivity contribution in [1.82, 2.24) is 0 Å². The maximum atomic E-state index is 13.8. The van der Waals surface area contributed by atoms with Crippen molar-refractivity contribution in [1.29, 1.82) is 0 Å². The number of carbonyl (C=O) groups excluding carboxylic acids is 1. The summed E-state index contributed by atoms with van der Waals surface area (Å²) in [7, 11) is 1.55. The second-order valence-electron chi connectivity index (χ2n) is 8.24. The lowest BCUT2D eigenvalue weighted by Crippen LogP contribution is -2.29. The second-order valence-corrected chi connectivity index (χ2v) is 9.16. The maximum Gasteiger partial charge on any atom is 0.295 e. The molecule has 1 aromatic heterocycles. The van der Waals surface area contributed by atoms with E-state index in [4.69, 9.17) is 13.9 Å². The van der Waals surface area contributed by atoms with Gasteiger partial charge in [0.1, 0.15) is 12.2 Å². The van der Waals surface area contributed by atoms with Crippen molar-refractivity contribution in [3.8, 4) is 11.5 Å². The highest BCUT2D eigenvalue weighted by atomic mass is 79.9. The molecule has 1 aliphatic rings. The number of amides is 1. The zero-order valence-electron chi connectivity index (χ0n) is 19.2. The first-order valence-electron chi connectivity index (χ1n) is 11.0. The summed E-state index contributed by atoms with van der Waals surface area (Å²) in [4.78, 5) is 29.1. The van der Waals surface area contributed by atoms with Crippen LogP contribution in [0, 0.1) is 6.92 Å². The van der Waals surface area contributed by atoms with Gasteiger partial charge in [-0.3, -0.25) is 14.5 Å². The number of benzene rings is 3. The first-order valence-corrected chi connectivity index (χ1v) is 11.8. The van der Waals surface area contributed by atoms with Gasteiger partial charge in [0.2, 0.25) is 5.76 Å². The summed E-state index contributed by atoms with van der Waals surface area (Å²) < 4.78 is 18.1. The molecule has 0 aliphatic carbocycles. The minimum absolute atomic E-state index is 0.0438. The third-order valence-electron chi connectivity index (χ3n) is 5.97. The van der Waals surface area contributed by atoms with Crippen LogP contribution in [-0.2, 0) is 0 Å². The van der Waals surface area contributed by atoms with E-state index in [1.807, 2.05) is 43.3 Å². The maximum absolute atomic E-state index is 13.8. The van der Waals surface area contributed by atoms with E-state index in [2.05, 4.69) is 22.5 Å². The highest BCUT2D eigenvalue weighted by molar-refractivity contribution is 9.10. The standard InChI is InChI=1S/C28H22BrNO5/c1-4-12-34-22-11-9-17(14-23(22)33-3)25-24-26(31)20-13-16(2)8-10-21(20)35-27(24)28(32)30(25)19-7-5-6-18(29)15-19/h4-11,13-15,25H,1,12H2,2-3H3. The minimum Gasteiger partial charge on any atom is -0.493 e. The van der Waals surface area contributed by atoms with Gasteiger partial charge >= 0.3 is 0 Å². The fourth-order valence-corrected chi connectivity index (χ4v) is 4.80. The molecule has 1 atom stereocenters. The van der Waals surface area contributed by atoms with Crippen LogP contribution in [0.1, 0.15) is 33.3 Å². The van der Waals surface area contributed by atoms with Crippen LogP contribution in [0.3, 0.4) is 0 Å². The number of halogens is 1. The van der Waals surface area contributed by atoms with Crippen molar-refractivity contribution in [3.05, 3.63) is 110 Å². The van der Waals surface area contributed by atoms with E-state index >= 15 is 0 Å². The fraction of sp³-hybridized carbons (Fsp3) is 0.143. The molecule has 0 fully saturated rings. The molecular weight excluding hydrogens is 510 g/mol. The molecule has 1 amide bonds. The number of methoxy groups -OCH3 is 1. The molecule has 0 bridgehead atoms. The predicted molar refractivity (Wildman–Crippen MR) is 139 cm³/mol.